The molecule has 0 aromatic heterocycles. The Morgan fingerprint density at radius 3 is 2.30 bits per heavy atom. The highest BCUT2D eigenvalue weighted by molar-refractivity contribution is 5.98. The van der Waals surface area contributed by atoms with E-state index in [0.29, 0.717) is 18.3 Å². The molecule has 1 saturated carbocycles. The van der Waals surface area contributed by atoms with Gasteiger partial charge in [0.25, 0.3) is 0 Å². The first-order valence-corrected chi connectivity index (χ1v) is 6.87. The molecule has 1 amide bonds. The van der Waals surface area contributed by atoms with Gasteiger partial charge in [0, 0.05) is 20.3 Å². The molecular weight excluding hydrogens is 254 g/mol. The zero-order chi connectivity index (χ0) is 15.8. The fourth-order valence-corrected chi connectivity index (χ4v) is 1.76. The Morgan fingerprint density at radius 1 is 1.45 bits per heavy atom. The minimum absolute atomic E-state index is 0.120. The van der Waals surface area contributed by atoms with Gasteiger partial charge in [0.2, 0.25) is 5.91 Å². The summed E-state index contributed by atoms with van der Waals surface area (Å²) in [7, 11) is 1.68. The number of carbonyl (C=O) groups excluding carboxylic acids is 1. The van der Waals surface area contributed by atoms with E-state index in [9.17, 15) is 4.79 Å². The number of aliphatic imine (C=N–C) groups is 1. The van der Waals surface area contributed by atoms with Gasteiger partial charge in [-0.3, -0.25) is 9.69 Å². The maximum atomic E-state index is 11.7. The molecule has 0 radical (unpaired) electrons. The van der Waals surface area contributed by atoms with E-state index in [-0.39, 0.29) is 11.4 Å². The molecule has 20 heavy (non-hydrogen) atoms. The SMILES string of the molecule is C#C.CC1(C)CC(=O)N(CC2CC2)C(N)=N1.CCOC. The molecule has 1 fully saturated rings. The van der Waals surface area contributed by atoms with E-state index >= 15 is 0 Å². The van der Waals surface area contributed by atoms with Gasteiger partial charge in [-0.2, -0.15) is 0 Å². The lowest BCUT2D eigenvalue weighted by Crippen LogP contribution is -2.50. The van der Waals surface area contributed by atoms with Crippen LogP contribution >= 0.6 is 0 Å². The Balaban J connectivity index is 0.000000521. The van der Waals surface area contributed by atoms with Gasteiger partial charge >= 0.3 is 0 Å². The molecule has 2 aliphatic rings. The van der Waals surface area contributed by atoms with Crippen LogP contribution in [0.15, 0.2) is 4.99 Å². The summed E-state index contributed by atoms with van der Waals surface area (Å²) in [5, 5.41) is 0. The number of ether oxygens (including phenoxy) is 1. The average molecular weight is 281 g/mol. The molecule has 1 heterocycles. The predicted octanol–water partition coefficient (Wildman–Crippen LogP) is 1.62. The van der Waals surface area contributed by atoms with Crippen LogP contribution in [0.5, 0.6) is 0 Å². The molecule has 5 heteroatoms. The maximum absolute atomic E-state index is 11.7. The number of hydrogen-bond donors (Lipinski definition) is 1. The van der Waals surface area contributed by atoms with Crippen molar-refractivity contribution in [1.29, 1.82) is 0 Å². The number of rotatable bonds is 3. The van der Waals surface area contributed by atoms with Gasteiger partial charge in [-0.05, 0) is 39.5 Å². The van der Waals surface area contributed by atoms with Crippen molar-refractivity contribution in [3.8, 4) is 12.8 Å². The molecule has 0 aromatic rings. The lowest BCUT2D eigenvalue weighted by molar-refractivity contribution is -0.129. The van der Waals surface area contributed by atoms with E-state index in [0.717, 1.165) is 13.2 Å². The van der Waals surface area contributed by atoms with Gasteiger partial charge in [-0.25, -0.2) is 4.99 Å². The van der Waals surface area contributed by atoms with E-state index in [1.165, 1.54) is 12.8 Å². The smallest absolute Gasteiger partial charge is 0.231 e. The number of hydrogen-bond acceptors (Lipinski definition) is 4. The van der Waals surface area contributed by atoms with Crippen LogP contribution in [0.3, 0.4) is 0 Å². The van der Waals surface area contributed by atoms with Gasteiger partial charge in [-0.15, -0.1) is 12.8 Å². The molecule has 1 aliphatic carbocycles. The molecule has 2 rings (SSSR count). The molecule has 1 aliphatic heterocycles. The summed E-state index contributed by atoms with van der Waals surface area (Å²) in [5.41, 5.74) is 5.46. The Labute approximate surface area is 122 Å². The zero-order valence-electron chi connectivity index (χ0n) is 13.1. The molecule has 0 bridgehead atoms. The van der Waals surface area contributed by atoms with Crippen molar-refractivity contribution in [2.24, 2.45) is 16.6 Å². The second kappa shape index (κ2) is 8.60. The van der Waals surface area contributed by atoms with E-state index in [1.54, 1.807) is 12.0 Å². The number of carbonyl (C=O) groups is 1. The summed E-state index contributed by atoms with van der Waals surface area (Å²) in [6.07, 6.45) is 10.9. The second-order valence-electron chi connectivity index (χ2n) is 5.48. The van der Waals surface area contributed by atoms with Gasteiger partial charge in [-0.1, -0.05) is 0 Å². The van der Waals surface area contributed by atoms with Crippen LogP contribution in [0.4, 0.5) is 0 Å². The first-order chi connectivity index (χ1) is 9.39. The number of nitrogens with zero attached hydrogens (tertiary/aromatic N) is 2. The molecule has 114 valence electrons. The van der Waals surface area contributed by atoms with Crippen molar-refractivity contribution in [3.05, 3.63) is 0 Å². The van der Waals surface area contributed by atoms with Crippen molar-refractivity contribution in [2.45, 2.75) is 45.6 Å². The largest absolute Gasteiger partial charge is 0.385 e. The van der Waals surface area contributed by atoms with Crippen LogP contribution < -0.4 is 5.73 Å². The van der Waals surface area contributed by atoms with Crippen molar-refractivity contribution in [1.82, 2.24) is 4.90 Å². The minimum atomic E-state index is -0.318. The minimum Gasteiger partial charge on any atom is -0.385 e. The molecule has 2 N–H and O–H groups in total. The van der Waals surface area contributed by atoms with E-state index in [1.807, 2.05) is 20.8 Å². The molecule has 0 aromatic carbocycles. The number of amides is 1. The molecular formula is C15H27N3O2. The fourth-order valence-electron chi connectivity index (χ4n) is 1.76. The number of guanidine groups is 1. The third-order valence-corrected chi connectivity index (χ3v) is 3.01. The van der Waals surface area contributed by atoms with Gasteiger partial charge in [0.05, 0.1) is 12.0 Å². The molecule has 5 nitrogen and oxygen atoms in total. The first kappa shape index (κ1) is 18.5. The summed E-state index contributed by atoms with van der Waals surface area (Å²) in [5.74, 6) is 1.18. The first-order valence-electron chi connectivity index (χ1n) is 6.87. The number of methoxy groups -OCH3 is 1. The van der Waals surface area contributed by atoms with Crippen molar-refractivity contribution >= 4 is 11.9 Å². The van der Waals surface area contributed by atoms with Crippen LogP contribution in [0.1, 0.15) is 40.0 Å². The topological polar surface area (TPSA) is 67.9 Å². The Bertz CT molecular complexity index is 355. The second-order valence-corrected chi connectivity index (χ2v) is 5.48. The highest BCUT2D eigenvalue weighted by Gasteiger charge is 2.35. The predicted molar refractivity (Wildman–Crippen MR) is 82.2 cm³/mol. The maximum Gasteiger partial charge on any atom is 0.231 e. The van der Waals surface area contributed by atoms with Gasteiger partial charge < -0.3 is 10.5 Å². The summed E-state index contributed by atoms with van der Waals surface area (Å²) < 4.78 is 4.54. The van der Waals surface area contributed by atoms with Crippen LogP contribution in [-0.4, -0.2) is 42.6 Å². The highest BCUT2D eigenvalue weighted by atomic mass is 16.5. The third kappa shape index (κ3) is 6.58. The molecule has 0 saturated heterocycles. The van der Waals surface area contributed by atoms with Crippen LogP contribution in [0.2, 0.25) is 0 Å². The molecule has 0 unspecified atom stereocenters. The monoisotopic (exact) mass is 281 g/mol. The highest BCUT2D eigenvalue weighted by Crippen LogP contribution is 2.31. The Morgan fingerprint density at radius 2 is 1.95 bits per heavy atom. The van der Waals surface area contributed by atoms with E-state index < -0.39 is 0 Å². The average Bonchev–Trinajstić information content (AvgIpc) is 3.19. The summed E-state index contributed by atoms with van der Waals surface area (Å²) >= 11 is 0. The van der Waals surface area contributed by atoms with E-state index in [4.69, 9.17) is 5.73 Å². The Hall–Kier alpha value is -1.54. The number of terminal acetylenes is 1. The van der Waals surface area contributed by atoms with Gasteiger partial charge in [0.15, 0.2) is 5.96 Å². The van der Waals surface area contributed by atoms with E-state index in [2.05, 4.69) is 22.6 Å². The standard InChI is InChI=1S/C10H17N3O.C3H8O.C2H2/c1-10(2)5-8(14)13(9(11)12-10)6-7-3-4-7;1-3-4-2;1-2/h7H,3-6H2,1-2H3,(H2,11,12);3H2,1-2H3;1-2H. The van der Waals surface area contributed by atoms with Gasteiger partial charge in [0.1, 0.15) is 0 Å². The normalized spacial score (nSPS) is 20.0. The lowest BCUT2D eigenvalue weighted by atomic mass is 9.99. The van der Waals surface area contributed by atoms with Crippen LogP contribution in [0.25, 0.3) is 0 Å². The molecule has 0 spiro atoms. The van der Waals surface area contributed by atoms with Crippen molar-refractivity contribution in [2.75, 3.05) is 20.3 Å². The lowest BCUT2D eigenvalue weighted by Gasteiger charge is -2.32. The summed E-state index contributed by atoms with van der Waals surface area (Å²) in [6, 6.07) is 0. The fraction of sp³-hybridized carbons (Fsp3) is 0.733. The van der Waals surface area contributed by atoms with Crippen LogP contribution in [0, 0.1) is 18.8 Å². The van der Waals surface area contributed by atoms with Crippen LogP contribution in [-0.2, 0) is 9.53 Å². The number of nitrogens with two attached hydrogens (primary N) is 1. The summed E-state index contributed by atoms with van der Waals surface area (Å²) in [6.45, 7) is 7.42. The van der Waals surface area contributed by atoms with Crippen molar-refractivity contribution in [3.63, 3.8) is 0 Å². The Kier molecular flexibility index (Phi) is 7.93. The third-order valence-electron chi connectivity index (χ3n) is 3.01. The quantitative estimate of drug-likeness (QED) is 0.799. The van der Waals surface area contributed by atoms with Crippen molar-refractivity contribution < 1.29 is 9.53 Å². The molecule has 0 atom stereocenters. The zero-order valence-corrected chi connectivity index (χ0v) is 13.1. The summed E-state index contributed by atoms with van der Waals surface area (Å²) in [4.78, 5) is 17.7.